The van der Waals surface area contributed by atoms with Crippen LogP contribution in [0.15, 0.2) is 11.0 Å². The van der Waals surface area contributed by atoms with Crippen LogP contribution in [0.25, 0.3) is 0 Å². The van der Waals surface area contributed by atoms with Gasteiger partial charge in [-0.3, -0.25) is 4.79 Å². The average Bonchev–Trinajstić information content (AvgIpc) is 3.25. The van der Waals surface area contributed by atoms with Gasteiger partial charge in [-0.05, 0) is 37.5 Å². The number of halogens is 4. The Morgan fingerprint density at radius 2 is 1.90 bits per heavy atom. The van der Waals surface area contributed by atoms with Crippen molar-refractivity contribution in [3.63, 3.8) is 0 Å². The van der Waals surface area contributed by atoms with E-state index >= 15 is 0 Å². The summed E-state index contributed by atoms with van der Waals surface area (Å²) in [6.45, 7) is -1.43. The van der Waals surface area contributed by atoms with Gasteiger partial charge < -0.3 is 5.32 Å². The van der Waals surface area contributed by atoms with Gasteiger partial charge in [0.05, 0.1) is 11.9 Å². The van der Waals surface area contributed by atoms with Gasteiger partial charge in [0, 0.05) is 6.04 Å². The summed E-state index contributed by atoms with van der Waals surface area (Å²) in [4.78, 5) is 11.8. The maximum Gasteiger partial charge on any atom is 0.408 e. The number of nitrogens with one attached hydrogen (secondary N) is 1. The van der Waals surface area contributed by atoms with Crippen LogP contribution in [0, 0.1) is 11.8 Å². The molecule has 1 N–H and O–H groups in total. The molecule has 2 aliphatic rings. The molecule has 0 aliphatic heterocycles. The van der Waals surface area contributed by atoms with Crippen molar-refractivity contribution in [1.82, 2.24) is 9.78 Å². The number of nitrogens with zero attached hydrogens (tertiary/aromatic N) is 2. The van der Waals surface area contributed by atoms with E-state index in [2.05, 4.69) is 10.4 Å². The van der Waals surface area contributed by atoms with Gasteiger partial charge in [0.2, 0.25) is 0 Å². The Kier molecular flexibility index (Phi) is 3.63. The van der Waals surface area contributed by atoms with Crippen molar-refractivity contribution in [2.24, 2.45) is 11.8 Å². The van der Waals surface area contributed by atoms with Gasteiger partial charge in [-0.25, -0.2) is 4.68 Å². The Morgan fingerprint density at radius 3 is 2.38 bits per heavy atom. The summed E-state index contributed by atoms with van der Waals surface area (Å²) < 4.78 is 37.3. The molecule has 0 unspecified atom stereocenters. The Hall–Kier alpha value is -1.24. The number of rotatable bonds is 5. The molecule has 0 radical (unpaired) electrons. The Labute approximate surface area is 124 Å². The minimum Gasteiger partial charge on any atom is -0.379 e. The quantitative estimate of drug-likeness (QED) is 0.906. The molecule has 116 valence electrons. The fourth-order valence-corrected chi connectivity index (χ4v) is 2.76. The van der Waals surface area contributed by atoms with Crippen LogP contribution < -0.4 is 10.9 Å². The Bertz CT molecular complexity index is 581. The monoisotopic (exact) mass is 321 g/mol. The molecule has 2 aliphatic carbocycles. The molecule has 1 aromatic rings. The lowest BCUT2D eigenvalue weighted by molar-refractivity contribution is -0.143. The first-order valence-corrected chi connectivity index (χ1v) is 7.32. The van der Waals surface area contributed by atoms with Gasteiger partial charge in [0.15, 0.2) is 0 Å². The summed E-state index contributed by atoms with van der Waals surface area (Å²) in [7, 11) is 0. The lowest BCUT2D eigenvalue weighted by atomic mass is 10.1. The number of aromatic nitrogens is 2. The highest BCUT2D eigenvalue weighted by atomic mass is 35.5. The first-order valence-electron chi connectivity index (χ1n) is 6.94. The molecular formula is C13H15ClF3N3O. The number of alkyl halides is 3. The van der Waals surface area contributed by atoms with Gasteiger partial charge in [0.25, 0.3) is 5.56 Å². The predicted molar refractivity (Wildman–Crippen MR) is 72.4 cm³/mol. The summed E-state index contributed by atoms with van der Waals surface area (Å²) >= 11 is 5.92. The van der Waals surface area contributed by atoms with Gasteiger partial charge in [-0.15, -0.1) is 0 Å². The topological polar surface area (TPSA) is 46.9 Å². The van der Waals surface area contributed by atoms with Crippen LogP contribution in [-0.2, 0) is 6.54 Å². The van der Waals surface area contributed by atoms with E-state index in [1.165, 1.54) is 6.20 Å². The zero-order valence-electron chi connectivity index (χ0n) is 11.2. The summed E-state index contributed by atoms with van der Waals surface area (Å²) in [6, 6.07) is 0.252. The van der Waals surface area contributed by atoms with E-state index in [4.69, 9.17) is 11.6 Å². The van der Waals surface area contributed by atoms with Gasteiger partial charge >= 0.3 is 6.18 Å². The molecule has 4 nitrogen and oxygen atoms in total. The third kappa shape index (κ3) is 3.51. The fourth-order valence-electron chi connectivity index (χ4n) is 2.56. The second-order valence-electron chi connectivity index (χ2n) is 5.80. The number of hydrogen-bond donors (Lipinski definition) is 1. The van der Waals surface area contributed by atoms with Crippen molar-refractivity contribution in [2.75, 3.05) is 5.32 Å². The van der Waals surface area contributed by atoms with E-state index in [-0.39, 0.29) is 11.1 Å². The van der Waals surface area contributed by atoms with E-state index in [1.54, 1.807) is 0 Å². The molecule has 0 atom stereocenters. The molecule has 2 saturated carbocycles. The van der Waals surface area contributed by atoms with Crippen LogP contribution >= 0.6 is 11.6 Å². The van der Waals surface area contributed by atoms with E-state index in [9.17, 15) is 18.0 Å². The fraction of sp³-hybridized carbons (Fsp3) is 0.692. The van der Waals surface area contributed by atoms with Crippen LogP contribution in [0.3, 0.4) is 0 Å². The number of hydrogen-bond acceptors (Lipinski definition) is 3. The largest absolute Gasteiger partial charge is 0.408 e. The smallest absolute Gasteiger partial charge is 0.379 e. The normalized spacial score (nSPS) is 19.1. The van der Waals surface area contributed by atoms with Crippen molar-refractivity contribution in [3.8, 4) is 0 Å². The van der Waals surface area contributed by atoms with E-state index < -0.39 is 18.3 Å². The zero-order valence-corrected chi connectivity index (χ0v) is 11.9. The Balaban J connectivity index is 1.80. The van der Waals surface area contributed by atoms with Crippen molar-refractivity contribution < 1.29 is 13.2 Å². The summed E-state index contributed by atoms with van der Waals surface area (Å²) in [5, 5.41) is 6.57. The standard InChI is InChI=1S/C13H15ClF3N3O/c14-10-9(19-11(7-1-2-7)8-3-4-8)5-18-20(12(10)21)6-13(15,16)17/h5,7-8,11,19H,1-4,6H2. The zero-order chi connectivity index (χ0) is 15.2. The first kappa shape index (κ1) is 14.7. The summed E-state index contributed by atoms with van der Waals surface area (Å²) in [5.74, 6) is 1.15. The average molecular weight is 322 g/mol. The van der Waals surface area contributed by atoms with Crippen molar-refractivity contribution in [3.05, 3.63) is 21.6 Å². The highest BCUT2D eigenvalue weighted by Crippen LogP contribution is 2.46. The first-order chi connectivity index (χ1) is 9.85. The molecular weight excluding hydrogens is 307 g/mol. The second kappa shape index (κ2) is 5.19. The highest BCUT2D eigenvalue weighted by Gasteiger charge is 2.41. The molecule has 0 amide bonds. The molecule has 1 heterocycles. The minimum absolute atomic E-state index is 0.222. The van der Waals surface area contributed by atoms with Gasteiger partial charge in [0.1, 0.15) is 11.6 Å². The van der Waals surface area contributed by atoms with Crippen molar-refractivity contribution >= 4 is 17.3 Å². The van der Waals surface area contributed by atoms with Crippen LogP contribution in [0.2, 0.25) is 5.02 Å². The van der Waals surface area contributed by atoms with E-state index in [1.807, 2.05) is 0 Å². The second-order valence-corrected chi connectivity index (χ2v) is 6.17. The van der Waals surface area contributed by atoms with E-state index in [0.29, 0.717) is 22.2 Å². The maximum absolute atomic E-state index is 12.3. The third-order valence-corrected chi connectivity index (χ3v) is 4.26. The molecule has 0 bridgehead atoms. The molecule has 1 aromatic heterocycles. The van der Waals surface area contributed by atoms with Gasteiger partial charge in [-0.2, -0.15) is 18.3 Å². The molecule has 2 fully saturated rings. The van der Waals surface area contributed by atoms with Gasteiger partial charge in [-0.1, -0.05) is 11.6 Å². The third-order valence-electron chi connectivity index (χ3n) is 3.90. The molecule has 0 aromatic carbocycles. The lowest BCUT2D eigenvalue weighted by Crippen LogP contribution is -2.32. The predicted octanol–water partition coefficient (Wildman–Crippen LogP) is 3.06. The van der Waals surface area contributed by atoms with Crippen LogP contribution in [0.1, 0.15) is 25.7 Å². The maximum atomic E-state index is 12.3. The summed E-state index contributed by atoms with van der Waals surface area (Å²) in [6.07, 6.45) is 1.29. The Morgan fingerprint density at radius 1 is 1.33 bits per heavy atom. The molecule has 8 heteroatoms. The van der Waals surface area contributed by atoms with Crippen LogP contribution in [0.5, 0.6) is 0 Å². The molecule has 3 rings (SSSR count). The SMILES string of the molecule is O=c1c(Cl)c(NC(C2CC2)C2CC2)cnn1CC(F)(F)F. The molecule has 0 saturated heterocycles. The van der Waals surface area contributed by atoms with Crippen molar-refractivity contribution in [2.45, 2.75) is 44.4 Å². The lowest BCUT2D eigenvalue weighted by Gasteiger charge is -2.20. The van der Waals surface area contributed by atoms with Crippen LogP contribution in [0.4, 0.5) is 18.9 Å². The minimum atomic E-state index is -4.50. The number of anilines is 1. The molecule has 0 spiro atoms. The van der Waals surface area contributed by atoms with Crippen LogP contribution in [-0.4, -0.2) is 22.0 Å². The van der Waals surface area contributed by atoms with Crippen molar-refractivity contribution in [1.29, 1.82) is 0 Å². The molecule has 21 heavy (non-hydrogen) atoms. The summed E-state index contributed by atoms with van der Waals surface area (Å²) in [5.41, 5.74) is -0.576. The van der Waals surface area contributed by atoms with E-state index in [0.717, 1.165) is 25.7 Å². The highest BCUT2D eigenvalue weighted by molar-refractivity contribution is 6.32.